The van der Waals surface area contributed by atoms with Crippen LogP contribution in [-0.4, -0.2) is 32.8 Å². The van der Waals surface area contributed by atoms with Gasteiger partial charge >= 0.3 is 0 Å². The number of fused-ring (bicyclic) bond motifs is 1. The van der Waals surface area contributed by atoms with E-state index in [9.17, 15) is 0 Å². The summed E-state index contributed by atoms with van der Waals surface area (Å²) in [5, 5.41) is 0. The van der Waals surface area contributed by atoms with Gasteiger partial charge in [-0.05, 0) is 24.5 Å². The Morgan fingerprint density at radius 1 is 1.29 bits per heavy atom. The largest absolute Gasteiger partial charge is 0.380 e. The van der Waals surface area contributed by atoms with E-state index in [1.165, 1.54) is 24.1 Å². The minimum absolute atomic E-state index is 0.199. The van der Waals surface area contributed by atoms with Crippen LogP contribution in [0.2, 0.25) is 0 Å². The first-order valence-electron chi connectivity index (χ1n) is 6.44. The summed E-state index contributed by atoms with van der Waals surface area (Å²) in [6.07, 6.45) is 2.46. The number of hydrogen-bond donors (Lipinski definition) is 1. The number of para-hydroxylation sites is 1. The zero-order valence-electron chi connectivity index (χ0n) is 10.2. The maximum absolute atomic E-state index is 5.90. The lowest BCUT2D eigenvalue weighted by atomic mass is 9.84. The van der Waals surface area contributed by atoms with Crippen molar-refractivity contribution in [2.45, 2.75) is 12.8 Å². The monoisotopic (exact) mass is 232 g/mol. The Hall–Kier alpha value is -1.06. The summed E-state index contributed by atoms with van der Waals surface area (Å²) in [5.74, 6) is 0. The van der Waals surface area contributed by atoms with Gasteiger partial charge in [-0.3, -0.25) is 0 Å². The number of nitrogens with zero attached hydrogens (tertiary/aromatic N) is 1. The molecular weight excluding hydrogens is 212 g/mol. The van der Waals surface area contributed by atoms with Crippen LogP contribution in [0.25, 0.3) is 0 Å². The van der Waals surface area contributed by atoms with Gasteiger partial charge in [-0.25, -0.2) is 0 Å². The second-order valence-electron chi connectivity index (χ2n) is 5.35. The van der Waals surface area contributed by atoms with Gasteiger partial charge in [0.15, 0.2) is 0 Å². The van der Waals surface area contributed by atoms with Gasteiger partial charge in [-0.15, -0.1) is 0 Å². The molecule has 92 valence electrons. The van der Waals surface area contributed by atoms with Crippen LogP contribution < -0.4 is 10.6 Å². The fourth-order valence-corrected chi connectivity index (χ4v) is 2.85. The number of hydrogen-bond acceptors (Lipinski definition) is 3. The number of aryl methyl sites for hydroxylation is 1. The van der Waals surface area contributed by atoms with E-state index in [1.807, 2.05) is 0 Å². The Labute approximate surface area is 103 Å². The van der Waals surface area contributed by atoms with Crippen molar-refractivity contribution in [2.24, 2.45) is 11.1 Å². The first-order chi connectivity index (χ1) is 8.33. The van der Waals surface area contributed by atoms with Crippen LogP contribution in [0.1, 0.15) is 12.0 Å². The average molecular weight is 232 g/mol. The highest BCUT2D eigenvalue weighted by molar-refractivity contribution is 5.55. The molecule has 0 saturated carbocycles. The van der Waals surface area contributed by atoms with E-state index in [0.717, 1.165) is 32.8 Å². The van der Waals surface area contributed by atoms with Crippen molar-refractivity contribution in [3.63, 3.8) is 0 Å². The summed E-state index contributed by atoms with van der Waals surface area (Å²) in [6.45, 7) is 4.56. The number of rotatable bonds is 3. The average Bonchev–Trinajstić information content (AvgIpc) is 2.34. The molecular formula is C14H20N2O. The SMILES string of the molecule is NCC1(CN2CCCc3ccccc32)COC1. The number of nitrogens with two attached hydrogens (primary N) is 1. The van der Waals surface area contributed by atoms with Crippen molar-refractivity contribution in [1.82, 2.24) is 0 Å². The molecule has 3 nitrogen and oxygen atoms in total. The van der Waals surface area contributed by atoms with Crippen LogP contribution in [0, 0.1) is 5.41 Å². The van der Waals surface area contributed by atoms with Crippen LogP contribution >= 0.6 is 0 Å². The van der Waals surface area contributed by atoms with Crippen LogP contribution in [0.4, 0.5) is 5.69 Å². The standard InChI is InChI=1S/C14H20N2O/c15-8-14(10-17-11-14)9-16-7-3-5-12-4-1-2-6-13(12)16/h1-2,4,6H,3,5,7-11,15H2. The van der Waals surface area contributed by atoms with E-state index in [4.69, 9.17) is 10.5 Å². The van der Waals surface area contributed by atoms with Gasteiger partial charge in [0, 0.05) is 30.7 Å². The third-order valence-corrected chi connectivity index (χ3v) is 3.98. The van der Waals surface area contributed by atoms with Crippen molar-refractivity contribution in [3.8, 4) is 0 Å². The van der Waals surface area contributed by atoms with Gasteiger partial charge in [0.1, 0.15) is 0 Å². The summed E-state index contributed by atoms with van der Waals surface area (Å²) in [5.41, 5.74) is 8.98. The summed E-state index contributed by atoms with van der Waals surface area (Å²) >= 11 is 0. The minimum Gasteiger partial charge on any atom is -0.380 e. The summed E-state index contributed by atoms with van der Waals surface area (Å²) in [4.78, 5) is 2.49. The summed E-state index contributed by atoms with van der Waals surface area (Å²) in [6, 6.07) is 8.74. The predicted octanol–water partition coefficient (Wildman–Crippen LogP) is 1.41. The van der Waals surface area contributed by atoms with E-state index in [2.05, 4.69) is 29.2 Å². The zero-order chi connectivity index (χ0) is 11.7. The van der Waals surface area contributed by atoms with Gasteiger partial charge in [0.25, 0.3) is 0 Å². The molecule has 0 spiro atoms. The second-order valence-corrected chi connectivity index (χ2v) is 5.35. The first kappa shape index (κ1) is 11.1. The molecule has 0 bridgehead atoms. The van der Waals surface area contributed by atoms with Crippen LogP contribution in [0.15, 0.2) is 24.3 Å². The smallest absolute Gasteiger partial charge is 0.0574 e. The third kappa shape index (κ3) is 1.94. The lowest BCUT2D eigenvalue weighted by Crippen LogP contribution is -2.56. The predicted molar refractivity (Wildman–Crippen MR) is 69.3 cm³/mol. The van der Waals surface area contributed by atoms with E-state index in [0.29, 0.717) is 0 Å². The highest BCUT2D eigenvalue weighted by Gasteiger charge is 2.39. The lowest BCUT2D eigenvalue weighted by molar-refractivity contribution is -0.101. The molecule has 0 aliphatic carbocycles. The van der Waals surface area contributed by atoms with Crippen molar-refractivity contribution in [1.29, 1.82) is 0 Å². The molecule has 2 aliphatic heterocycles. The van der Waals surface area contributed by atoms with Crippen molar-refractivity contribution >= 4 is 5.69 Å². The second kappa shape index (κ2) is 4.31. The van der Waals surface area contributed by atoms with Crippen molar-refractivity contribution in [2.75, 3.05) is 37.7 Å². The first-order valence-corrected chi connectivity index (χ1v) is 6.44. The van der Waals surface area contributed by atoms with Crippen LogP contribution in [-0.2, 0) is 11.2 Å². The number of benzene rings is 1. The van der Waals surface area contributed by atoms with Crippen molar-refractivity contribution in [3.05, 3.63) is 29.8 Å². The molecule has 1 saturated heterocycles. The van der Waals surface area contributed by atoms with Crippen molar-refractivity contribution < 1.29 is 4.74 Å². The van der Waals surface area contributed by atoms with Crippen LogP contribution in [0.3, 0.4) is 0 Å². The molecule has 3 rings (SSSR count). The Morgan fingerprint density at radius 2 is 2.12 bits per heavy atom. The van der Waals surface area contributed by atoms with E-state index in [-0.39, 0.29) is 5.41 Å². The summed E-state index contributed by atoms with van der Waals surface area (Å²) < 4.78 is 5.35. The highest BCUT2D eigenvalue weighted by Crippen LogP contribution is 2.33. The van der Waals surface area contributed by atoms with Gasteiger partial charge in [0.05, 0.1) is 13.2 Å². The van der Waals surface area contributed by atoms with E-state index in [1.54, 1.807) is 0 Å². The Morgan fingerprint density at radius 3 is 2.82 bits per heavy atom. The molecule has 3 heteroatoms. The third-order valence-electron chi connectivity index (χ3n) is 3.98. The molecule has 0 radical (unpaired) electrons. The van der Waals surface area contributed by atoms with Gasteiger partial charge in [-0.1, -0.05) is 18.2 Å². The molecule has 17 heavy (non-hydrogen) atoms. The maximum Gasteiger partial charge on any atom is 0.0574 e. The lowest BCUT2D eigenvalue weighted by Gasteiger charge is -2.45. The summed E-state index contributed by atoms with van der Waals surface area (Å²) in [7, 11) is 0. The molecule has 0 amide bonds. The fourth-order valence-electron chi connectivity index (χ4n) is 2.85. The Bertz CT molecular complexity index is 395. The molecule has 0 aromatic heterocycles. The number of ether oxygens (including phenoxy) is 1. The van der Waals surface area contributed by atoms with Gasteiger partial charge in [-0.2, -0.15) is 0 Å². The molecule has 0 unspecified atom stereocenters. The van der Waals surface area contributed by atoms with Gasteiger partial charge in [0.2, 0.25) is 0 Å². The minimum atomic E-state index is 0.199. The molecule has 2 N–H and O–H groups in total. The zero-order valence-corrected chi connectivity index (χ0v) is 10.2. The van der Waals surface area contributed by atoms with Gasteiger partial charge < -0.3 is 15.4 Å². The van der Waals surface area contributed by atoms with Crippen LogP contribution in [0.5, 0.6) is 0 Å². The normalized spacial score (nSPS) is 21.8. The molecule has 1 aromatic carbocycles. The van der Waals surface area contributed by atoms with E-state index >= 15 is 0 Å². The molecule has 2 aliphatic rings. The molecule has 1 fully saturated rings. The van der Waals surface area contributed by atoms with E-state index < -0.39 is 0 Å². The molecule has 1 aromatic rings. The Kier molecular flexibility index (Phi) is 2.81. The molecule has 2 heterocycles. The maximum atomic E-state index is 5.90. The number of anilines is 1. The Balaban J connectivity index is 1.81. The highest BCUT2D eigenvalue weighted by atomic mass is 16.5. The molecule has 0 atom stereocenters. The topological polar surface area (TPSA) is 38.5 Å². The quantitative estimate of drug-likeness (QED) is 0.856. The fraction of sp³-hybridized carbons (Fsp3) is 0.571.